The molecule has 0 amide bonds. The first kappa shape index (κ1) is 13.5. The van der Waals surface area contributed by atoms with E-state index in [2.05, 4.69) is 19.2 Å². The van der Waals surface area contributed by atoms with E-state index in [1.54, 1.807) is 0 Å². The van der Waals surface area contributed by atoms with Crippen molar-refractivity contribution in [1.29, 1.82) is 0 Å². The number of nitrogens with zero attached hydrogens (tertiary/aromatic N) is 4. The molecule has 0 radical (unpaired) electrons. The first-order valence-electron chi connectivity index (χ1n) is 5.00. The minimum atomic E-state index is -2.87. The van der Waals surface area contributed by atoms with Crippen molar-refractivity contribution in [1.82, 2.24) is 19.4 Å². The summed E-state index contributed by atoms with van der Waals surface area (Å²) in [5.74, 6) is -0.0464. The first-order valence-corrected chi connectivity index (χ1v) is 6.10. The van der Waals surface area contributed by atoms with Crippen molar-refractivity contribution >= 4 is 19.9 Å². The van der Waals surface area contributed by atoms with Crippen LogP contribution in [-0.2, 0) is 4.57 Å². The van der Waals surface area contributed by atoms with Crippen LogP contribution in [0.25, 0.3) is 0 Å². The molecule has 2 heterocycles. The van der Waals surface area contributed by atoms with Gasteiger partial charge in [-0.3, -0.25) is 0 Å². The van der Waals surface area contributed by atoms with Crippen LogP contribution < -0.4 is 32.1 Å². The lowest BCUT2D eigenvalue weighted by Crippen LogP contribution is -2.30. The molecule has 0 aromatic carbocycles. The zero-order chi connectivity index (χ0) is 14.7. The summed E-state index contributed by atoms with van der Waals surface area (Å²) in [5.41, 5.74) is 8.75. The topological polar surface area (TPSA) is 157 Å². The molecule has 0 spiro atoms. The van der Waals surface area contributed by atoms with E-state index >= 15 is 0 Å². The number of hydrogen-bond acceptors (Lipinski definition) is 9. The summed E-state index contributed by atoms with van der Waals surface area (Å²) in [7, 11) is -2.87. The number of nitrogens with two attached hydrogens (primary N) is 2. The van der Waals surface area contributed by atoms with Gasteiger partial charge < -0.3 is 11.5 Å². The van der Waals surface area contributed by atoms with Crippen LogP contribution in [0, 0.1) is 0 Å². The largest absolute Gasteiger partial charge is 0.848 e. The minimum Gasteiger partial charge on any atom is -0.383 e. The summed E-state index contributed by atoms with van der Waals surface area (Å²) in [4.78, 5) is 29.3. The Kier molecular flexibility index (Phi) is 3.62. The molecule has 2 aromatic heterocycles. The molecule has 0 saturated heterocycles. The van der Waals surface area contributed by atoms with Crippen molar-refractivity contribution in [2.45, 2.75) is 0 Å². The Morgan fingerprint density at radius 2 is 1.35 bits per heavy atom. The number of hydrogen-bond donors (Lipinski definition) is 2. The fourth-order valence-corrected chi connectivity index (χ4v) is 1.66. The van der Waals surface area contributed by atoms with E-state index in [0.717, 1.165) is 12.4 Å². The molecule has 12 heteroatoms. The van der Waals surface area contributed by atoms with Crippen molar-refractivity contribution in [2.24, 2.45) is 0 Å². The van der Waals surface area contributed by atoms with Gasteiger partial charge in [-0.25, -0.2) is 9.59 Å². The average Bonchev–Trinajstić information content (AvgIpc) is 2.36. The van der Waals surface area contributed by atoms with Gasteiger partial charge in [0.25, 0.3) is 0 Å². The summed E-state index contributed by atoms with van der Waals surface area (Å²) in [6, 6.07) is 2.50. The fraction of sp³-hybridized carbons (Fsp3) is 0. The van der Waals surface area contributed by atoms with Gasteiger partial charge >= 0.3 is 19.6 Å². The van der Waals surface area contributed by atoms with E-state index in [-0.39, 0.29) is 11.6 Å². The molecule has 0 aliphatic carbocycles. The smallest absolute Gasteiger partial charge is 0.383 e. The Balaban J connectivity index is 2.13. The van der Waals surface area contributed by atoms with Gasteiger partial charge in [-0.1, -0.05) is 9.46 Å². The second-order valence-corrected chi connectivity index (χ2v) is 4.08. The van der Waals surface area contributed by atoms with Crippen molar-refractivity contribution in [3.05, 3.63) is 45.5 Å². The molecule has 0 aliphatic rings. The quantitative estimate of drug-likeness (QED) is 0.620. The van der Waals surface area contributed by atoms with Crippen molar-refractivity contribution in [2.75, 3.05) is 11.5 Å². The number of nitrogen functional groups attached to an aromatic ring is 2. The Morgan fingerprint density at radius 3 is 1.70 bits per heavy atom. The monoisotopic (exact) mass is 299 g/mol. The molecule has 2 aromatic rings. The highest BCUT2D eigenvalue weighted by Gasteiger charge is 2.27. The third-order valence-corrected chi connectivity index (χ3v) is 2.52. The first-order chi connectivity index (χ1) is 9.45. The van der Waals surface area contributed by atoms with E-state index < -0.39 is 19.6 Å². The van der Waals surface area contributed by atoms with E-state index in [4.69, 9.17) is 11.5 Å². The van der Waals surface area contributed by atoms with Crippen LogP contribution in [-0.4, -0.2) is 19.4 Å². The molecule has 0 fully saturated rings. The van der Waals surface area contributed by atoms with Crippen molar-refractivity contribution in [3.8, 4) is 0 Å². The predicted molar refractivity (Wildman–Crippen MR) is 66.6 cm³/mol. The molecule has 0 saturated carbocycles. The maximum Gasteiger partial charge on any atom is 0.848 e. The number of aromatic nitrogens is 4. The predicted octanol–water partition coefficient (Wildman–Crippen LogP) is -1.82. The Labute approximate surface area is 111 Å². The maximum absolute atomic E-state index is 11.5. The summed E-state index contributed by atoms with van der Waals surface area (Å²) >= 11 is 0. The molecule has 104 valence electrons. The number of rotatable bonds is 4. The van der Waals surface area contributed by atoms with Gasteiger partial charge in [0.15, 0.2) is 0 Å². The maximum atomic E-state index is 11.5. The van der Waals surface area contributed by atoms with Crippen LogP contribution in [0.3, 0.4) is 0 Å². The fourth-order valence-electron chi connectivity index (χ4n) is 1.09. The van der Waals surface area contributed by atoms with E-state index in [0.29, 0.717) is 9.46 Å². The van der Waals surface area contributed by atoms with Crippen LogP contribution in [0.15, 0.2) is 34.1 Å². The van der Waals surface area contributed by atoms with Gasteiger partial charge in [0.2, 0.25) is 0 Å². The molecule has 0 unspecified atom stereocenters. The van der Waals surface area contributed by atoms with Crippen molar-refractivity contribution < 1.29 is 13.8 Å². The Bertz CT molecular complexity index is 707. The highest BCUT2D eigenvalue weighted by molar-refractivity contribution is 7.33. The molecule has 20 heavy (non-hydrogen) atoms. The lowest BCUT2D eigenvalue weighted by Gasteiger charge is -1.97. The van der Waals surface area contributed by atoms with Gasteiger partial charge in [0.1, 0.15) is 11.6 Å². The number of anilines is 2. The molecule has 0 aliphatic heterocycles. The second kappa shape index (κ2) is 5.36. The molecule has 4 N–H and O–H groups in total. The van der Waals surface area contributed by atoms with Crippen LogP contribution in [0.4, 0.5) is 11.6 Å². The third kappa shape index (κ3) is 3.09. The molecular formula is C8H8N6O5P+. The zero-order valence-electron chi connectivity index (χ0n) is 9.74. The summed E-state index contributed by atoms with van der Waals surface area (Å²) in [6.45, 7) is 0. The van der Waals surface area contributed by atoms with Crippen LogP contribution in [0.2, 0.25) is 0 Å². The standard InChI is InChI=1S/C8H7N6O5P/c9-5-1-3-13(7(15)11-5)18-20(17)19-14-4-2-6(10)12-8(14)16/h1-4H,(H3-,9,10,11,12,15,16)/p+1. The van der Waals surface area contributed by atoms with Gasteiger partial charge in [-0.15, -0.1) is 9.25 Å². The lowest BCUT2D eigenvalue weighted by molar-refractivity contribution is 0.178. The second-order valence-electron chi connectivity index (χ2n) is 3.31. The highest BCUT2D eigenvalue weighted by atomic mass is 31.1. The van der Waals surface area contributed by atoms with Crippen LogP contribution >= 0.6 is 8.25 Å². The SMILES string of the molecule is Nc1ccn(O[P+](=O)On2ccc(N)nc2=O)c(=O)n1. The molecule has 0 bridgehead atoms. The van der Waals surface area contributed by atoms with Crippen molar-refractivity contribution in [3.63, 3.8) is 0 Å². The average molecular weight is 299 g/mol. The lowest BCUT2D eigenvalue weighted by atomic mass is 10.6. The van der Waals surface area contributed by atoms with E-state index in [1.807, 2.05) is 0 Å². The van der Waals surface area contributed by atoms with Gasteiger partial charge in [0.05, 0.1) is 12.4 Å². The molecule has 0 atom stereocenters. The van der Waals surface area contributed by atoms with Gasteiger partial charge in [-0.05, 0) is 0 Å². The van der Waals surface area contributed by atoms with Gasteiger partial charge in [0, 0.05) is 16.7 Å². The third-order valence-electron chi connectivity index (χ3n) is 1.90. The highest BCUT2D eigenvalue weighted by Crippen LogP contribution is 2.13. The molecule has 2 rings (SSSR count). The van der Waals surface area contributed by atoms with Crippen LogP contribution in [0.1, 0.15) is 0 Å². The van der Waals surface area contributed by atoms with Crippen LogP contribution in [0.5, 0.6) is 0 Å². The minimum absolute atomic E-state index is 0.0232. The zero-order valence-corrected chi connectivity index (χ0v) is 10.6. The Hall–Kier alpha value is -2.94. The summed E-state index contributed by atoms with van der Waals surface area (Å²) < 4.78 is 21.9. The van der Waals surface area contributed by atoms with Gasteiger partial charge in [-0.2, -0.15) is 9.97 Å². The molecule has 11 nitrogen and oxygen atoms in total. The summed E-state index contributed by atoms with van der Waals surface area (Å²) in [5, 5.41) is 0. The normalized spacial score (nSPS) is 10.0. The molecular weight excluding hydrogens is 291 g/mol. The van der Waals surface area contributed by atoms with E-state index in [1.165, 1.54) is 12.1 Å². The van der Waals surface area contributed by atoms with E-state index in [9.17, 15) is 14.2 Å². The Morgan fingerprint density at radius 1 is 0.950 bits per heavy atom. The summed E-state index contributed by atoms with van der Waals surface area (Å²) in [6.07, 6.45) is 2.20.